The zero-order valence-corrected chi connectivity index (χ0v) is 9.40. The molecule has 15 heavy (non-hydrogen) atoms. The molecule has 0 saturated heterocycles. The highest BCUT2D eigenvalue weighted by Gasteiger charge is 2.20. The Morgan fingerprint density at radius 2 is 2.20 bits per heavy atom. The van der Waals surface area contributed by atoms with Crippen molar-refractivity contribution in [3.63, 3.8) is 0 Å². The van der Waals surface area contributed by atoms with E-state index in [0.29, 0.717) is 12.3 Å². The van der Waals surface area contributed by atoms with Crippen LogP contribution in [-0.4, -0.2) is 16.1 Å². The summed E-state index contributed by atoms with van der Waals surface area (Å²) in [5, 5.41) is 9.15. The maximum atomic E-state index is 11.1. The van der Waals surface area contributed by atoms with Crippen LogP contribution in [0.2, 0.25) is 0 Å². The zero-order chi connectivity index (χ0) is 11.4. The van der Waals surface area contributed by atoms with E-state index in [4.69, 9.17) is 5.11 Å². The third-order valence-electron chi connectivity index (χ3n) is 2.33. The van der Waals surface area contributed by atoms with Gasteiger partial charge in [-0.3, -0.25) is 9.78 Å². The van der Waals surface area contributed by atoms with Gasteiger partial charge in [-0.05, 0) is 37.0 Å². The summed E-state index contributed by atoms with van der Waals surface area (Å²) in [7, 11) is 0. The number of rotatable bonds is 4. The molecule has 1 aromatic rings. The molecular formula is C12H17NO2. The molecule has 0 amide bonds. The molecule has 0 fully saturated rings. The molecule has 0 radical (unpaired) electrons. The Morgan fingerprint density at radius 3 is 2.67 bits per heavy atom. The van der Waals surface area contributed by atoms with Crippen molar-refractivity contribution in [2.45, 2.75) is 33.1 Å². The fourth-order valence-electron chi connectivity index (χ4n) is 1.64. The lowest BCUT2D eigenvalue weighted by atomic mass is 9.91. The van der Waals surface area contributed by atoms with Crippen molar-refractivity contribution >= 4 is 5.97 Å². The van der Waals surface area contributed by atoms with Crippen molar-refractivity contribution in [3.8, 4) is 0 Å². The Hall–Kier alpha value is -1.38. The summed E-state index contributed by atoms with van der Waals surface area (Å²) in [4.78, 5) is 15.2. The molecule has 0 bridgehead atoms. The summed E-state index contributed by atoms with van der Waals surface area (Å²) >= 11 is 0. The quantitative estimate of drug-likeness (QED) is 0.825. The molecular weight excluding hydrogens is 190 g/mol. The number of pyridine rings is 1. The van der Waals surface area contributed by atoms with E-state index in [2.05, 4.69) is 4.98 Å². The predicted molar refractivity (Wildman–Crippen MR) is 58.8 cm³/mol. The molecule has 1 heterocycles. The predicted octanol–water partition coefficient (Wildman–Crippen LogP) is 2.60. The van der Waals surface area contributed by atoms with Crippen molar-refractivity contribution < 1.29 is 9.90 Å². The number of carboxylic acid groups (broad SMARTS) is 1. The third-order valence-corrected chi connectivity index (χ3v) is 2.33. The van der Waals surface area contributed by atoms with Crippen molar-refractivity contribution in [2.24, 2.45) is 5.92 Å². The molecule has 1 N–H and O–H groups in total. The van der Waals surface area contributed by atoms with Crippen molar-refractivity contribution in [1.29, 1.82) is 0 Å². The minimum Gasteiger partial charge on any atom is -0.481 e. The van der Waals surface area contributed by atoms with Gasteiger partial charge < -0.3 is 5.11 Å². The number of carbonyl (C=O) groups is 1. The molecule has 0 aliphatic heterocycles. The van der Waals surface area contributed by atoms with Crippen LogP contribution in [0.3, 0.4) is 0 Å². The first-order chi connectivity index (χ1) is 7.00. The van der Waals surface area contributed by atoms with Gasteiger partial charge in [0.1, 0.15) is 0 Å². The Morgan fingerprint density at radius 1 is 1.53 bits per heavy atom. The number of aromatic nitrogens is 1. The van der Waals surface area contributed by atoms with Crippen LogP contribution < -0.4 is 0 Å². The van der Waals surface area contributed by atoms with Gasteiger partial charge in [0.15, 0.2) is 0 Å². The highest BCUT2D eigenvalue weighted by molar-refractivity contribution is 5.76. The standard InChI is InChI=1S/C12H17NO2/c1-8(2)6-11(12(14)15)10-4-5-13-9(3)7-10/h4-5,7-8,11H,6H2,1-3H3,(H,14,15). The van der Waals surface area contributed by atoms with Crippen LogP contribution in [0.1, 0.15) is 37.4 Å². The Bertz CT molecular complexity index is 347. The summed E-state index contributed by atoms with van der Waals surface area (Å²) in [5.41, 5.74) is 1.71. The van der Waals surface area contributed by atoms with E-state index in [1.165, 1.54) is 0 Å². The first-order valence-electron chi connectivity index (χ1n) is 5.16. The summed E-state index contributed by atoms with van der Waals surface area (Å²) in [6, 6.07) is 3.63. The molecule has 3 nitrogen and oxygen atoms in total. The Balaban J connectivity index is 2.94. The van der Waals surface area contributed by atoms with Gasteiger partial charge in [0.2, 0.25) is 0 Å². The highest BCUT2D eigenvalue weighted by Crippen LogP contribution is 2.24. The van der Waals surface area contributed by atoms with Crippen LogP contribution in [-0.2, 0) is 4.79 Å². The molecule has 82 valence electrons. The average Bonchev–Trinajstić information content (AvgIpc) is 2.13. The second-order valence-corrected chi connectivity index (χ2v) is 4.25. The van der Waals surface area contributed by atoms with Gasteiger partial charge in [-0.25, -0.2) is 0 Å². The first-order valence-corrected chi connectivity index (χ1v) is 5.16. The third kappa shape index (κ3) is 3.35. The maximum Gasteiger partial charge on any atom is 0.310 e. The second-order valence-electron chi connectivity index (χ2n) is 4.25. The molecule has 1 rings (SSSR count). The number of hydrogen-bond donors (Lipinski definition) is 1. The monoisotopic (exact) mass is 207 g/mol. The molecule has 0 spiro atoms. The SMILES string of the molecule is Cc1cc(C(CC(C)C)C(=O)O)ccn1. The first kappa shape index (κ1) is 11.7. The summed E-state index contributed by atoms with van der Waals surface area (Å²) < 4.78 is 0. The summed E-state index contributed by atoms with van der Waals surface area (Å²) in [6.45, 7) is 5.94. The van der Waals surface area contributed by atoms with E-state index in [1.807, 2.05) is 26.8 Å². The van der Waals surface area contributed by atoms with Crippen LogP contribution in [0.4, 0.5) is 0 Å². The van der Waals surface area contributed by atoms with E-state index >= 15 is 0 Å². The molecule has 3 heteroatoms. The minimum atomic E-state index is -0.755. The van der Waals surface area contributed by atoms with Crippen LogP contribution >= 0.6 is 0 Å². The van der Waals surface area contributed by atoms with Crippen molar-refractivity contribution in [2.75, 3.05) is 0 Å². The zero-order valence-electron chi connectivity index (χ0n) is 9.40. The maximum absolute atomic E-state index is 11.1. The number of nitrogens with zero attached hydrogens (tertiary/aromatic N) is 1. The Labute approximate surface area is 90.2 Å². The van der Waals surface area contributed by atoms with Crippen LogP contribution in [0, 0.1) is 12.8 Å². The molecule has 1 atom stereocenters. The van der Waals surface area contributed by atoms with Gasteiger partial charge in [-0.2, -0.15) is 0 Å². The van der Waals surface area contributed by atoms with E-state index in [-0.39, 0.29) is 0 Å². The van der Waals surface area contributed by atoms with Crippen LogP contribution in [0.15, 0.2) is 18.3 Å². The smallest absolute Gasteiger partial charge is 0.310 e. The lowest BCUT2D eigenvalue weighted by Gasteiger charge is -2.15. The van der Waals surface area contributed by atoms with E-state index in [9.17, 15) is 4.79 Å². The fourth-order valence-corrected chi connectivity index (χ4v) is 1.64. The van der Waals surface area contributed by atoms with Crippen molar-refractivity contribution in [3.05, 3.63) is 29.6 Å². The summed E-state index contributed by atoms with van der Waals surface area (Å²) in [6.07, 6.45) is 2.33. The topological polar surface area (TPSA) is 50.2 Å². The largest absolute Gasteiger partial charge is 0.481 e. The number of aryl methyl sites for hydroxylation is 1. The lowest BCUT2D eigenvalue weighted by Crippen LogP contribution is -2.14. The summed E-state index contributed by atoms with van der Waals surface area (Å²) in [5.74, 6) is -0.791. The van der Waals surface area contributed by atoms with Gasteiger partial charge in [0.05, 0.1) is 5.92 Å². The van der Waals surface area contributed by atoms with Gasteiger partial charge in [0.25, 0.3) is 0 Å². The molecule has 0 aliphatic rings. The fraction of sp³-hybridized carbons (Fsp3) is 0.500. The van der Waals surface area contributed by atoms with Crippen LogP contribution in [0.25, 0.3) is 0 Å². The molecule has 0 saturated carbocycles. The van der Waals surface area contributed by atoms with Gasteiger partial charge in [-0.1, -0.05) is 13.8 Å². The van der Waals surface area contributed by atoms with Gasteiger partial charge in [0, 0.05) is 11.9 Å². The van der Waals surface area contributed by atoms with Crippen LogP contribution in [0.5, 0.6) is 0 Å². The minimum absolute atomic E-state index is 0.375. The molecule has 0 aliphatic carbocycles. The number of aliphatic carboxylic acids is 1. The number of carboxylic acids is 1. The van der Waals surface area contributed by atoms with E-state index in [1.54, 1.807) is 12.3 Å². The molecule has 1 aromatic heterocycles. The molecule has 0 aromatic carbocycles. The lowest BCUT2D eigenvalue weighted by molar-refractivity contribution is -0.139. The second kappa shape index (κ2) is 4.91. The average molecular weight is 207 g/mol. The highest BCUT2D eigenvalue weighted by atomic mass is 16.4. The van der Waals surface area contributed by atoms with E-state index in [0.717, 1.165) is 11.3 Å². The number of hydrogen-bond acceptors (Lipinski definition) is 2. The van der Waals surface area contributed by atoms with Gasteiger partial charge >= 0.3 is 5.97 Å². The Kier molecular flexibility index (Phi) is 3.83. The van der Waals surface area contributed by atoms with E-state index < -0.39 is 11.9 Å². The van der Waals surface area contributed by atoms with Crippen molar-refractivity contribution in [1.82, 2.24) is 4.98 Å². The normalized spacial score (nSPS) is 12.8. The molecule has 1 unspecified atom stereocenters. The van der Waals surface area contributed by atoms with Gasteiger partial charge in [-0.15, -0.1) is 0 Å².